The van der Waals surface area contributed by atoms with E-state index in [9.17, 15) is 4.79 Å². The minimum Gasteiger partial charge on any atom is -0.303 e. The molecule has 1 heteroatoms. The highest BCUT2D eigenvalue weighted by molar-refractivity contribution is 5.50. The summed E-state index contributed by atoms with van der Waals surface area (Å²) in [4.78, 5) is 9.92. The summed E-state index contributed by atoms with van der Waals surface area (Å²) in [5.74, 6) is 1.65. The molecular weight excluding hydrogens is 100 g/mol. The molecule has 0 aliphatic heterocycles. The zero-order valence-corrected chi connectivity index (χ0v) is 5.26. The van der Waals surface area contributed by atoms with Crippen LogP contribution in [0.2, 0.25) is 0 Å². The van der Waals surface area contributed by atoms with Crippen LogP contribution in [0.4, 0.5) is 0 Å². The topological polar surface area (TPSA) is 17.1 Å². The molecule has 0 spiro atoms. The molecule has 0 aromatic rings. The van der Waals surface area contributed by atoms with Gasteiger partial charge in [0.15, 0.2) is 0 Å². The van der Waals surface area contributed by atoms with Gasteiger partial charge >= 0.3 is 0 Å². The first-order chi connectivity index (χ1) is 3.88. The Hall–Kier alpha value is -0.330. The quantitative estimate of drug-likeness (QED) is 0.507. The average Bonchev–Trinajstić information content (AvgIpc) is 2.48. The van der Waals surface area contributed by atoms with Crippen LogP contribution in [0, 0.1) is 11.8 Å². The maximum absolute atomic E-state index is 9.92. The van der Waals surface area contributed by atoms with Crippen LogP contribution in [0.1, 0.15) is 26.2 Å². The second kappa shape index (κ2) is 2.29. The third kappa shape index (κ3) is 1.09. The van der Waals surface area contributed by atoms with Crippen LogP contribution in [-0.2, 0) is 4.79 Å². The Labute approximate surface area is 50.1 Å². The molecule has 1 aliphatic rings. The Morgan fingerprint density at radius 2 is 2.38 bits per heavy atom. The lowest BCUT2D eigenvalue weighted by Gasteiger charge is -1.84. The van der Waals surface area contributed by atoms with Gasteiger partial charge in [0.05, 0.1) is 0 Å². The summed E-state index contributed by atoms with van der Waals surface area (Å²) in [5, 5.41) is 0. The maximum atomic E-state index is 9.92. The zero-order valence-electron chi connectivity index (χ0n) is 5.26. The van der Waals surface area contributed by atoms with E-state index in [0.717, 1.165) is 24.5 Å². The molecule has 2 atom stereocenters. The van der Waals surface area contributed by atoms with Gasteiger partial charge < -0.3 is 4.79 Å². The third-order valence-electron chi connectivity index (χ3n) is 1.99. The van der Waals surface area contributed by atoms with Crippen molar-refractivity contribution in [1.29, 1.82) is 0 Å². The molecule has 0 amide bonds. The first-order valence-corrected chi connectivity index (χ1v) is 3.32. The number of aldehydes is 1. The highest BCUT2D eigenvalue weighted by Crippen LogP contribution is 2.42. The minimum absolute atomic E-state index is 0.762. The Kier molecular flexibility index (Phi) is 1.66. The first-order valence-electron chi connectivity index (χ1n) is 3.32. The lowest BCUT2D eigenvalue weighted by molar-refractivity contribution is -0.108. The highest BCUT2D eigenvalue weighted by Gasteiger charge is 2.34. The van der Waals surface area contributed by atoms with E-state index >= 15 is 0 Å². The van der Waals surface area contributed by atoms with E-state index < -0.39 is 0 Å². The number of carbonyl (C=O) groups is 1. The summed E-state index contributed by atoms with van der Waals surface area (Å²) < 4.78 is 0. The molecule has 0 bridgehead atoms. The first kappa shape index (κ1) is 5.80. The SMILES string of the molecule is CC[C@H]1C[C@H]1CC=O. The summed E-state index contributed by atoms with van der Waals surface area (Å²) in [7, 11) is 0. The van der Waals surface area contributed by atoms with E-state index in [4.69, 9.17) is 0 Å². The maximum Gasteiger partial charge on any atom is 0.120 e. The molecule has 0 radical (unpaired) electrons. The molecule has 0 aromatic heterocycles. The fraction of sp³-hybridized carbons (Fsp3) is 0.857. The standard InChI is InChI=1S/C7H12O/c1-2-6-5-7(6)3-4-8/h4,6-7H,2-3,5H2,1H3/t6-,7+/m0/s1. The van der Waals surface area contributed by atoms with Crippen LogP contribution in [0.25, 0.3) is 0 Å². The van der Waals surface area contributed by atoms with Crippen LogP contribution in [-0.4, -0.2) is 6.29 Å². The normalized spacial score (nSPS) is 34.6. The van der Waals surface area contributed by atoms with Crippen molar-refractivity contribution in [2.75, 3.05) is 0 Å². The van der Waals surface area contributed by atoms with Crippen molar-refractivity contribution in [2.45, 2.75) is 26.2 Å². The number of hydrogen-bond acceptors (Lipinski definition) is 1. The van der Waals surface area contributed by atoms with Crippen molar-refractivity contribution in [2.24, 2.45) is 11.8 Å². The average molecular weight is 112 g/mol. The van der Waals surface area contributed by atoms with Gasteiger partial charge in [0.25, 0.3) is 0 Å². The van der Waals surface area contributed by atoms with E-state index in [-0.39, 0.29) is 0 Å². The Morgan fingerprint density at radius 3 is 2.75 bits per heavy atom. The molecule has 0 aromatic carbocycles. The lowest BCUT2D eigenvalue weighted by Crippen LogP contribution is -1.80. The van der Waals surface area contributed by atoms with Gasteiger partial charge in [0, 0.05) is 6.42 Å². The highest BCUT2D eigenvalue weighted by atomic mass is 16.1. The van der Waals surface area contributed by atoms with E-state index in [1.807, 2.05) is 0 Å². The summed E-state index contributed by atoms with van der Waals surface area (Å²) in [5.41, 5.74) is 0. The van der Waals surface area contributed by atoms with Crippen LogP contribution in [0.5, 0.6) is 0 Å². The Bertz CT molecular complexity index is 88.4. The second-order valence-electron chi connectivity index (χ2n) is 2.57. The molecule has 1 saturated carbocycles. The molecule has 0 N–H and O–H groups in total. The molecule has 1 fully saturated rings. The molecule has 0 saturated heterocycles. The number of rotatable bonds is 3. The lowest BCUT2D eigenvalue weighted by atomic mass is 10.2. The zero-order chi connectivity index (χ0) is 5.98. The van der Waals surface area contributed by atoms with Crippen molar-refractivity contribution < 1.29 is 4.79 Å². The van der Waals surface area contributed by atoms with E-state index in [1.165, 1.54) is 12.8 Å². The fourth-order valence-corrected chi connectivity index (χ4v) is 1.22. The van der Waals surface area contributed by atoms with Crippen LogP contribution >= 0.6 is 0 Å². The molecule has 8 heavy (non-hydrogen) atoms. The van der Waals surface area contributed by atoms with E-state index in [0.29, 0.717) is 0 Å². The monoisotopic (exact) mass is 112 g/mol. The van der Waals surface area contributed by atoms with Crippen molar-refractivity contribution in [3.05, 3.63) is 0 Å². The smallest absolute Gasteiger partial charge is 0.120 e. The summed E-state index contributed by atoms with van der Waals surface area (Å²) in [6.45, 7) is 2.19. The molecule has 46 valence electrons. The Balaban J connectivity index is 2.07. The molecule has 0 unspecified atom stereocenters. The van der Waals surface area contributed by atoms with E-state index in [2.05, 4.69) is 6.92 Å². The molecule has 0 heterocycles. The van der Waals surface area contributed by atoms with Gasteiger partial charge in [-0.05, 0) is 18.3 Å². The molecule has 1 aliphatic carbocycles. The van der Waals surface area contributed by atoms with Gasteiger partial charge in [-0.15, -0.1) is 0 Å². The summed E-state index contributed by atoms with van der Waals surface area (Å²) in [6.07, 6.45) is 4.41. The largest absolute Gasteiger partial charge is 0.303 e. The van der Waals surface area contributed by atoms with Gasteiger partial charge in [-0.1, -0.05) is 13.3 Å². The molecule has 1 nitrogen and oxygen atoms in total. The number of carbonyl (C=O) groups excluding carboxylic acids is 1. The van der Waals surface area contributed by atoms with Crippen LogP contribution in [0.3, 0.4) is 0 Å². The predicted octanol–water partition coefficient (Wildman–Crippen LogP) is 1.62. The van der Waals surface area contributed by atoms with Crippen molar-refractivity contribution in [1.82, 2.24) is 0 Å². The van der Waals surface area contributed by atoms with Gasteiger partial charge in [-0.2, -0.15) is 0 Å². The van der Waals surface area contributed by atoms with E-state index in [1.54, 1.807) is 0 Å². The fourth-order valence-electron chi connectivity index (χ4n) is 1.22. The minimum atomic E-state index is 0.762. The van der Waals surface area contributed by atoms with Gasteiger partial charge in [-0.25, -0.2) is 0 Å². The predicted molar refractivity (Wildman–Crippen MR) is 32.6 cm³/mol. The summed E-state index contributed by atoms with van der Waals surface area (Å²) in [6, 6.07) is 0. The third-order valence-corrected chi connectivity index (χ3v) is 1.99. The Morgan fingerprint density at radius 1 is 1.62 bits per heavy atom. The van der Waals surface area contributed by atoms with Crippen molar-refractivity contribution >= 4 is 6.29 Å². The number of hydrogen-bond donors (Lipinski definition) is 0. The molecule has 1 rings (SSSR count). The van der Waals surface area contributed by atoms with Gasteiger partial charge in [-0.3, -0.25) is 0 Å². The van der Waals surface area contributed by atoms with Crippen molar-refractivity contribution in [3.8, 4) is 0 Å². The van der Waals surface area contributed by atoms with Crippen LogP contribution < -0.4 is 0 Å². The van der Waals surface area contributed by atoms with Gasteiger partial charge in [0.1, 0.15) is 6.29 Å². The van der Waals surface area contributed by atoms with Crippen LogP contribution in [0.15, 0.2) is 0 Å². The van der Waals surface area contributed by atoms with Gasteiger partial charge in [0.2, 0.25) is 0 Å². The molecular formula is C7H12O. The van der Waals surface area contributed by atoms with Crippen molar-refractivity contribution in [3.63, 3.8) is 0 Å². The summed E-state index contributed by atoms with van der Waals surface area (Å²) >= 11 is 0. The second-order valence-corrected chi connectivity index (χ2v) is 2.57.